The lowest BCUT2D eigenvalue weighted by Crippen LogP contribution is -2.40. The summed E-state index contributed by atoms with van der Waals surface area (Å²) >= 11 is 1.18. The number of ether oxygens (including phenoxy) is 1. The maximum Gasteiger partial charge on any atom is 0.321 e. The van der Waals surface area contributed by atoms with Gasteiger partial charge in [-0.25, -0.2) is 0 Å². The first-order valence-electron chi connectivity index (χ1n) is 5.27. The molecule has 0 aliphatic carbocycles. The fourth-order valence-corrected chi connectivity index (χ4v) is 2.26. The van der Waals surface area contributed by atoms with E-state index in [1.54, 1.807) is 13.8 Å². The van der Waals surface area contributed by atoms with E-state index in [1.807, 2.05) is 12.1 Å². The Labute approximate surface area is 109 Å². The van der Waals surface area contributed by atoms with Gasteiger partial charge < -0.3 is 4.74 Å². The van der Waals surface area contributed by atoms with Crippen molar-refractivity contribution in [3.05, 3.63) is 10.0 Å². The number of nitriles is 2. The Hall–Kier alpha value is -1.99. The normalized spacial score (nSPS) is 13.4. The Morgan fingerprint density at radius 3 is 2.50 bits per heavy atom. The minimum Gasteiger partial charge on any atom is -0.465 e. The van der Waals surface area contributed by atoms with Crippen LogP contribution in [-0.4, -0.2) is 22.8 Å². The molecular formula is C11H12N4O2S. The molecule has 0 aliphatic rings. The average molecular weight is 264 g/mol. The van der Waals surface area contributed by atoms with Crippen LogP contribution in [0.25, 0.3) is 0 Å². The highest BCUT2D eigenvalue weighted by Gasteiger charge is 2.48. The first kappa shape index (κ1) is 14.1. The van der Waals surface area contributed by atoms with Crippen molar-refractivity contribution in [3.63, 3.8) is 0 Å². The summed E-state index contributed by atoms with van der Waals surface area (Å²) in [5.74, 6) is -1.79. The third-order valence-corrected chi connectivity index (χ3v) is 3.58. The SMILES string of the molecule is CCOC(=O)[C@@](C)(c1nnc(C)s1)C(C#N)C#N. The molecule has 94 valence electrons. The summed E-state index contributed by atoms with van der Waals surface area (Å²) in [7, 11) is 0. The molecule has 0 radical (unpaired) electrons. The molecule has 0 bridgehead atoms. The largest absolute Gasteiger partial charge is 0.465 e. The van der Waals surface area contributed by atoms with Crippen LogP contribution in [0.3, 0.4) is 0 Å². The maximum absolute atomic E-state index is 12.0. The topological polar surface area (TPSA) is 99.7 Å². The molecule has 0 saturated carbocycles. The van der Waals surface area contributed by atoms with Crippen LogP contribution in [0.4, 0.5) is 0 Å². The van der Waals surface area contributed by atoms with Crippen molar-refractivity contribution in [3.8, 4) is 12.1 Å². The number of aryl methyl sites for hydroxylation is 1. The molecule has 0 aromatic carbocycles. The second-order valence-electron chi connectivity index (χ2n) is 3.74. The van der Waals surface area contributed by atoms with E-state index in [0.29, 0.717) is 10.0 Å². The third kappa shape index (κ3) is 2.31. The van der Waals surface area contributed by atoms with E-state index in [1.165, 1.54) is 18.3 Å². The lowest BCUT2D eigenvalue weighted by Gasteiger charge is -2.24. The maximum atomic E-state index is 12.0. The molecule has 6 nitrogen and oxygen atoms in total. The van der Waals surface area contributed by atoms with Gasteiger partial charge in [0.15, 0.2) is 5.92 Å². The molecule has 1 aromatic rings. The minimum absolute atomic E-state index is 0.176. The van der Waals surface area contributed by atoms with Crippen LogP contribution in [0.15, 0.2) is 0 Å². The molecule has 1 rings (SSSR count). The van der Waals surface area contributed by atoms with Crippen LogP contribution in [-0.2, 0) is 14.9 Å². The number of carbonyl (C=O) groups is 1. The molecule has 0 unspecified atom stereocenters. The predicted octanol–water partition coefficient (Wildman–Crippen LogP) is 1.33. The fraction of sp³-hybridized carbons (Fsp3) is 0.545. The van der Waals surface area contributed by atoms with Gasteiger partial charge in [-0.2, -0.15) is 10.5 Å². The predicted molar refractivity (Wildman–Crippen MR) is 63.3 cm³/mol. The Bertz CT molecular complexity index is 514. The van der Waals surface area contributed by atoms with Crippen molar-refractivity contribution in [1.82, 2.24) is 10.2 Å². The van der Waals surface area contributed by atoms with E-state index in [9.17, 15) is 4.79 Å². The second-order valence-corrected chi connectivity index (χ2v) is 4.92. The van der Waals surface area contributed by atoms with Crippen molar-refractivity contribution in [2.75, 3.05) is 6.61 Å². The van der Waals surface area contributed by atoms with Crippen LogP contribution in [0.2, 0.25) is 0 Å². The second kappa shape index (κ2) is 5.56. The molecule has 0 fully saturated rings. The van der Waals surface area contributed by atoms with E-state index in [2.05, 4.69) is 10.2 Å². The number of aromatic nitrogens is 2. The Balaban J connectivity index is 3.31. The van der Waals surface area contributed by atoms with E-state index < -0.39 is 17.3 Å². The molecule has 18 heavy (non-hydrogen) atoms. The van der Waals surface area contributed by atoms with Gasteiger partial charge >= 0.3 is 5.97 Å². The van der Waals surface area contributed by atoms with Crippen molar-refractivity contribution < 1.29 is 9.53 Å². The number of hydrogen-bond acceptors (Lipinski definition) is 7. The quantitative estimate of drug-likeness (QED) is 0.760. The molecule has 1 heterocycles. The molecule has 0 spiro atoms. The van der Waals surface area contributed by atoms with Gasteiger partial charge in [-0.1, -0.05) is 0 Å². The molecular weight excluding hydrogens is 252 g/mol. The average Bonchev–Trinajstić information content (AvgIpc) is 2.77. The minimum atomic E-state index is -1.40. The highest BCUT2D eigenvalue weighted by atomic mass is 32.1. The molecule has 1 atom stereocenters. The lowest BCUT2D eigenvalue weighted by molar-refractivity contribution is -0.150. The highest BCUT2D eigenvalue weighted by molar-refractivity contribution is 7.11. The summed E-state index contributed by atoms with van der Waals surface area (Å²) in [5, 5.41) is 26.7. The Morgan fingerprint density at radius 1 is 1.50 bits per heavy atom. The van der Waals surface area contributed by atoms with Gasteiger partial charge in [-0.05, 0) is 20.8 Å². The van der Waals surface area contributed by atoms with Gasteiger partial charge in [0.2, 0.25) is 0 Å². The standard InChI is InChI=1S/C11H12N4O2S/c1-4-17-10(16)11(3,8(5-12)6-13)9-15-14-7(2)18-9/h8H,4H2,1-3H3/t11-/m1/s1. The van der Waals surface area contributed by atoms with E-state index in [0.717, 1.165) is 0 Å². The zero-order valence-corrected chi connectivity index (χ0v) is 11.1. The lowest BCUT2D eigenvalue weighted by atomic mass is 9.79. The summed E-state index contributed by atoms with van der Waals surface area (Å²) in [4.78, 5) is 12.0. The molecule has 0 amide bonds. The van der Waals surface area contributed by atoms with Crippen LogP contribution in [0, 0.1) is 35.5 Å². The summed E-state index contributed by atoms with van der Waals surface area (Å²) < 4.78 is 4.95. The van der Waals surface area contributed by atoms with Crippen molar-refractivity contribution in [1.29, 1.82) is 10.5 Å². The van der Waals surface area contributed by atoms with Gasteiger partial charge in [0.05, 0.1) is 18.7 Å². The van der Waals surface area contributed by atoms with Crippen LogP contribution in [0.1, 0.15) is 23.9 Å². The van der Waals surface area contributed by atoms with Crippen LogP contribution >= 0.6 is 11.3 Å². The van der Waals surface area contributed by atoms with E-state index >= 15 is 0 Å². The summed E-state index contributed by atoms with van der Waals surface area (Å²) in [6, 6.07) is 3.63. The molecule has 0 saturated heterocycles. The van der Waals surface area contributed by atoms with Crippen molar-refractivity contribution in [2.24, 2.45) is 5.92 Å². The summed E-state index contributed by atoms with van der Waals surface area (Å²) in [6.07, 6.45) is 0. The number of carbonyl (C=O) groups excluding carboxylic acids is 1. The first-order chi connectivity index (χ1) is 8.50. The Morgan fingerprint density at radius 2 is 2.11 bits per heavy atom. The molecule has 7 heteroatoms. The first-order valence-corrected chi connectivity index (χ1v) is 6.09. The van der Waals surface area contributed by atoms with Crippen LogP contribution < -0.4 is 0 Å². The molecule has 0 aliphatic heterocycles. The van der Waals surface area contributed by atoms with Gasteiger partial charge in [-0.15, -0.1) is 21.5 Å². The van der Waals surface area contributed by atoms with E-state index in [4.69, 9.17) is 15.3 Å². The van der Waals surface area contributed by atoms with Gasteiger partial charge in [0, 0.05) is 0 Å². The monoisotopic (exact) mass is 264 g/mol. The van der Waals surface area contributed by atoms with Crippen molar-refractivity contribution in [2.45, 2.75) is 26.2 Å². The number of hydrogen-bond donors (Lipinski definition) is 0. The Kier molecular flexibility index (Phi) is 4.35. The molecule has 1 aromatic heterocycles. The zero-order chi connectivity index (χ0) is 13.8. The van der Waals surface area contributed by atoms with E-state index in [-0.39, 0.29) is 6.61 Å². The number of esters is 1. The van der Waals surface area contributed by atoms with Gasteiger partial charge in [0.1, 0.15) is 15.4 Å². The number of nitrogens with zero attached hydrogens (tertiary/aromatic N) is 4. The van der Waals surface area contributed by atoms with Crippen LogP contribution in [0.5, 0.6) is 0 Å². The third-order valence-electron chi connectivity index (χ3n) is 2.51. The summed E-state index contributed by atoms with van der Waals surface area (Å²) in [6.45, 7) is 5.07. The molecule has 0 N–H and O–H groups in total. The fourth-order valence-electron chi connectivity index (χ4n) is 1.40. The zero-order valence-electron chi connectivity index (χ0n) is 10.3. The highest BCUT2D eigenvalue weighted by Crippen LogP contribution is 2.35. The van der Waals surface area contributed by atoms with Gasteiger partial charge in [0.25, 0.3) is 0 Å². The summed E-state index contributed by atoms with van der Waals surface area (Å²) in [5.41, 5.74) is -1.40. The smallest absolute Gasteiger partial charge is 0.321 e. The van der Waals surface area contributed by atoms with Gasteiger partial charge in [-0.3, -0.25) is 4.79 Å². The number of rotatable bonds is 4. The van der Waals surface area contributed by atoms with Crippen molar-refractivity contribution >= 4 is 17.3 Å².